The van der Waals surface area contributed by atoms with Crippen LogP contribution in [0.4, 0.5) is 0 Å². The van der Waals surface area contributed by atoms with Gasteiger partial charge in [0.25, 0.3) is 5.91 Å². The van der Waals surface area contributed by atoms with Gasteiger partial charge in [0.15, 0.2) is 0 Å². The standard InChI is InChI=1S/C11H14Cl2N2O2/c1-7(6-17-3)15(2)11(16)10-8(12)4-5-9(13)14-10/h4-5,7H,6H2,1-3H3. The van der Waals surface area contributed by atoms with E-state index in [-0.39, 0.29) is 27.8 Å². The maximum absolute atomic E-state index is 12.1. The normalized spacial score (nSPS) is 12.3. The van der Waals surface area contributed by atoms with Crippen LogP contribution in [0.25, 0.3) is 0 Å². The van der Waals surface area contributed by atoms with Crippen molar-refractivity contribution < 1.29 is 9.53 Å². The number of pyridine rings is 1. The zero-order valence-corrected chi connectivity index (χ0v) is 11.4. The van der Waals surface area contributed by atoms with Gasteiger partial charge in [-0.3, -0.25) is 4.79 Å². The number of hydrogen-bond acceptors (Lipinski definition) is 3. The van der Waals surface area contributed by atoms with E-state index in [9.17, 15) is 4.79 Å². The first-order chi connectivity index (χ1) is 7.97. The summed E-state index contributed by atoms with van der Waals surface area (Å²) >= 11 is 11.7. The Labute approximate surface area is 110 Å². The number of likely N-dealkylation sites (N-methyl/N-ethyl adjacent to an activating group) is 1. The molecule has 1 aromatic heterocycles. The molecule has 1 aromatic rings. The quantitative estimate of drug-likeness (QED) is 0.794. The predicted molar refractivity (Wildman–Crippen MR) is 67.7 cm³/mol. The number of rotatable bonds is 4. The van der Waals surface area contributed by atoms with E-state index in [2.05, 4.69) is 4.98 Å². The second-order valence-electron chi connectivity index (χ2n) is 3.68. The molecule has 0 aliphatic heterocycles. The van der Waals surface area contributed by atoms with Crippen molar-refractivity contribution in [3.8, 4) is 0 Å². The van der Waals surface area contributed by atoms with Crippen LogP contribution in [0.3, 0.4) is 0 Å². The highest BCUT2D eigenvalue weighted by Crippen LogP contribution is 2.18. The van der Waals surface area contributed by atoms with Crippen LogP contribution in [0.15, 0.2) is 12.1 Å². The molecule has 17 heavy (non-hydrogen) atoms. The molecule has 0 aliphatic rings. The van der Waals surface area contributed by atoms with E-state index in [0.29, 0.717) is 6.61 Å². The van der Waals surface area contributed by atoms with Gasteiger partial charge in [-0.15, -0.1) is 0 Å². The summed E-state index contributed by atoms with van der Waals surface area (Å²) in [5.41, 5.74) is 0.157. The fourth-order valence-electron chi connectivity index (χ4n) is 1.29. The van der Waals surface area contributed by atoms with Crippen LogP contribution in [-0.2, 0) is 4.74 Å². The number of aromatic nitrogens is 1. The second kappa shape index (κ2) is 6.19. The molecule has 0 saturated heterocycles. The van der Waals surface area contributed by atoms with E-state index >= 15 is 0 Å². The third-order valence-corrected chi connectivity index (χ3v) is 2.92. The summed E-state index contributed by atoms with van der Waals surface area (Å²) in [6.07, 6.45) is 0. The number of ether oxygens (including phenoxy) is 1. The Morgan fingerprint density at radius 1 is 1.53 bits per heavy atom. The van der Waals surface area contributed by atoms with Crippen molar-refractivity contribution >= 4 is 29.1 Å². The van der Waals surface area contributed by atoms with Crippen molar-refractivity contribution in [2.75, 3.05) is 20.8 Å². The molecule has 0 saturated carbocycles. The predicted octanol–water partition coefficient (Wildman–Crippen LogP) is 2.50. The lowest BCUT2D eigenvalue weighted by Crippen LogP contribution is -2.38. The van der Waals surface area contributed by atoms with Gasteiger partial charge in [-0.2, -0.15) is 0 Å². The molecule has 0 fully saturated rings. The largest absolute Gasteiger partial charge is 0.383 e. The van der Waals surface area contributed by atoms with Crippen molar-refractivity contribution in [1.82, 2.24) is 9.88 Å². The highest BCUT2D eigenvalue weighted by Gasteiger charge is 2.21. The van der Waals surface area contributed by atoms with Crippen LogP contribution in [0, 0.1) is 0 Å². The zero-order chi connectivity index (χ0) is 13.0. The van der Waals surface area contributed by atoms with Gasteiger partial charge >= 0.3 is 0 Å². The number of halogens is 2. The van der Waals surface area contributed by atoms with Crippen LogP contribution in [0.5, 0.6) is 0 Å². The summed E-state index contributed by atoms with van der Waals surface area (Å²) in [6.45, 7) is 2.32. The van der Waals surface area contributed by atoms with Crippen molar-refractivity contribution in [2.24, 2.45) is 0 Å². The summed E-state index contributed by atoms with van der Waals surface area (Å²) in [5, 5.41) is 0.529. The molecule has 1 rings (SSSR count). The van der Waals surface area contributed by atoms with Crippen molar-refractivity contribution in [3.63, 3.8) is 0 Å². The summed E-state index contributed by atoms with van der Waals surface area (Å²) in [5.74, 6) is -0.276. The van der Waals surface area contributed by atoms with Crippen LogP contribution >= 0.6 is 23.2 Å². The Morgan fingerprint density at radius 2 is 2.18 bits per heavy atom. The zero-order valence-electron chi connectivity index (χ0n) is 9.91. The first-order valence-corrected chi connectivity index (χ1v) is 5.81. The minimum atomic E-state index is -0.276. The first-order valence-electron chi connectivity index (χ1n) is 5.05. The van der Waals surface area contributed by atoms with E-state index in [0.717, 1.165) is 0 Å². The van der Waals surface area contributed by atoms with Crippen molar-refractivity contribution in [1.29, 1.82) is 0 Å². The van der Waals surface area contributed by atoms with Crippen LogP contribution in [0.2, 0.25) is 10.2 Å². The molecule has 0 spiro atoms. The Hall–Kier alpha value is -0.840. The Kier molecular flexibility index (Phi) is 5.18. The average molecular weight is 277 g/mol. The Balaban J connectivity index is 2.92. The van der Waals surface area contributed by atoms with Gasteiger partial charge in [0.05, 0.1) is 17.7 Å². The molecule has 0 aliphatic carbocycles. The van der Waals surface area contributed by atoms with Crippen LogP contribution < -0.4 is 0 Å². The number of methoxy groups -OCH3 is 1. The fourth-order valence-corrected chi connectivity index (χ4v) is 1.62. The lowest BCUT2D eigenvalue weighted by molar-refractivity contribution is 0.0628. The molecule has 1 atom stereocenters. The van der Waals surface area contributed by atoms with Crippen molar-refractivity contribution in [2.45, 2.75) is 13.0 Å². The molecule has 4 nitrogen and oxygen atoms in total. The number of hydrogen-bond donors (Lipinski definition) is 0. The first kappa shape index (κ1) is 14.2. The maximum Gasteiger partial charge on any atom is 0.274 e. The van der Waals surface area contributed by atoms with Crippen LogP contribution in [0.1, 0.15) is 17.4 Å². The number of amides is 1. The van der Waals surface area contributed by atoms with E-state index in [1.807, 2.05) is 6.92 Å². The number of nitrogens with zero attached hydrogens (tertiary/aromatic N) is 2. The summed E-state index contributed by atoms with van der Waals surface area (Å²) in [7, 11) is 3.25. The summed E-state index contributed by atoms with van der Waals surface area (Å²) in [4.78, 5) is 17.6. The molecule has 0 radical (unpaired) electrons. The monoisotopic (exact) mass is 276 g/mol. The van der Waals surface area contributed by atoms with Gasteiger partial charge in [-0.05, 0) is 19.1 Å². The highest BCUT2D eigenvalue weighted by atomic mass is 35.5. The molecular weight excluding hydrogens is 263 g/mol. The summed E-state index contributed by atoms with van der Waals surface area (Å²) in [6, 6.07) is 3.03. The van der Waals surface area contributed by atoms with Gasteiger partial charge in [-0.25, -0.2) is 4.98 Å². The molecule has 1 amide bonds. The highest BCUT2D eigenvalue weighted by molar-refractivity contribution is 6.34. The molecule has 0 aromatic carbocycles. The Morgan fingerprint density at radius 3 is 2.76 bits per heavy atom. The van der Waals surface area contributed by atoms with Gasteiger partial charge in [-0.1, -0.05) is 23.2 Å². The SMILES string of the molecule is COCC(C)N(C)C(=O)c1nc(Cl)ccc1Cl. The molecule has 6 heteroatoms. The second-order valence-corrected chi connectivity index (χ2v) is 4.48. The molecule has 1 heterocycles. The molecular formula is C11H14Cl2N2O2. The third kappa shape index (κ3) is 3.56. The third-order valence-electron chi connectivity index (χ3n) is 2.40. The molecule has 0 N–H and O–H groups in total. The summed E-state index contributed by atoms with van der Waals surface area (Å²) < 4.78 is 4.99. The number of carbonyl (C=O) groups is 1. The maximum atomic E-state index is 12.1. The van der Waals surface area contributed by atoms with E-state index in [4.69, 9.17) is 27.9 Å². The molecule has 1 unspecified atom stereocenters. The van der Waals surface area contributed by atoms with E-state index < -0.39 is 0 Å². The van der Waals surface area contributed by atoms with Gasteiger partial charge in [0.1, 0.15) is 10.8 Å². The van der Waals surface area contributed by atoms with Crippen molar-refractivity contribution in [3.05, 3.63) is 28.0 Å². The molecule has 94 valence electrons. The smallest absolute Gasteiger partial charge is 0.274 e. The van der Waals surface area contributed by atoms with Crippen LogP contribution in [-0.4, -0.2) is 42.6 Å². The van der Waals surface area contributed by atoms with E-state index in [1.165, 1.54) is 4.90 Å². The average Bonchev–Trinajstić information content (AvgIpc) is 2.30. The lowest BCUT2D eigenvalue weighted by atomic mass is 10.2. The molecule has 0 bridgehead atoms. The number of carbonyl (C=O) groups excluding carboxylic acids is 1. The minimum Gasteiger partial charge on any atom is -0.383 e. The van der Waals surface area contributed by atoms with Gasteiger partial charge in [0, 0.05) is 14.2 Å². The van der Waals surface area contributed by atoms with E-state index in [1.54, 1.807) is 26.3 Å². The fraction of sp³-hybridized carbons (Fsp3) is 0.455. The Bertz CT molecular complexity index is 412. The lowest BCUT2D eigenvalue weighted by Gasteiger charge is -2.24. The van der Waals surface area contributed by atoms with Gasteiger partial charge in [0.2, 0.25) is 0 Å². The topological polar surface area (TPSA) is 42.4 Å². The van der Waals surface area contributed by atoms with Gasteiger partial charge < -0.3 is 9.64 Å². The minimum absolute atomic E-state index is 0.0654.